The van der Waals surface area contributed by atoms with E-state index < -0.39 is 0 Å². The van der Waals surface area contributed by atoms with Crippen molar-refractivity contribution in [1.29, 1.82) is 0 Å². The van der Waals surface area contributed by atoms with Gasteiger partial charge in [-0.1, -0.05) is 11.6 Å². The van der Waals surface area contributed by atoms with Crippen molar-refractivity contribution in [2.24, 2.45) is 0 Å². The summed E-state index contributed by atoms with van der Waals surface area (Å²) in [5.41, 5.74) is 2.66. The first kappa shape index (κ1) is 14.9. The fraction of sp³-hybridized carbons (Fsp3) is 0.444. The zero-order valence-electron chi connectivity index (χ0n) is 13.2. The summed E-state index contributed by atoms with van der Waals surface area (Å²) in [5.74, 6) is 0.610. The number of hydrogen-bond donors (Lipinski definition) is 1. The Morgan fingerprint density at radius 1 is 1.35 bits per heavy atom. The smallest absolute Gasteiger partial charge is 0.254 e. The van der Waals surface area contributed by atoms with Crippen LogP contribution >= 0.6 is 11.6 Å². The molecule has 1 atom stereocenters. The molecule has 0 spiro atoms. The number of nitrogens with zero attached hydrogens (tertiary/aromatic N) is 2. The van der Waals surface area contributed by atoms with Crippen molar-refractivity contribution in [3.63, 3.8) is 0 Å². The van der Waals surface area contributed by atoms with Crippen molar-refractivity contribution < 1.29 is 4.79 Å². The number of hydrogen-bond acceptors (Lipinski definition) is 3. The lowest BCUT2D eigenvalue weighted by atomic mass is 10.0. The Morgan fingerprint density at radius 2 is 2.17 bits per heavy atom. The molecule has 0 bridgehead atoms. The Balaban J connectivity index is 1.80. The van der Waals surface area contributed by atoms with E-state index in [2.05, 4.69) is 12.2 Å². The molecule has 1 saturated carbocycles. The van der Waals surface area contributed by atoms with Gasteiger partial charge in [-0.25, -0.2) is 0 Å². The Hall–Kier alpha value is -1.65. The number of aromatic nitrogens is 1. The molecule has 23 heavy (non-hydrogen) atoms. The van der Waals surface area contributed by atoms with Crippen molar-refractivity contribution in [3.8, 4) is 0 Å². The van der Waals surface area contributed by atoms with E-state index in [0.717, 1.165) is 41.8 Å². The number of fused-ring (bicyclic) bond motifs is 1. The summed E-state index contributed by atoms with van der Waals surface area (Å²) >= 11 is 6.16. The highest BCUT2D eigenvalue weighted by Gasteiger charge is 2.29. The molecule has 1 amide bonds. The summed E-state index contributed by atoms with van der Waals surface area (Å²) in [6.45, 7) is 4.43. The van der Waals surface area contributed by atoms with Gasteiger partial charge in [0.25, 0.3) is 5.91 Å². The van der Waals surface area contributed by atoms with Crippen LogP contribution in [-0.2, 0) is 0 Å². The molecular weight excluding hydrogens is 310 g/mol. The van der Waals surface area contributed by atoms with Crippen LogP contribution in [-0.4, -0.2) is 41.5 Å². The van der Waals surface area contributed by atoms with Gasteiger partial charge in [0.1, 0.15) is 0 Å². The number of benzene rings is 1. The van der Waals surface area contributed by atoms with Crippen LogP contribution in [0.3, 0.4) is 0 Å². The second-order valence-electron chi connectivity index (χ2n) is 6.64. The van der Waals surface area contributed by atoms with E-state index in [0.29, 0.717) is 17.0 Å². The number of nitrogens with one attached hydrogen (secondary N) is 1. The van der Waals surface area contributed by atoms with E-state index in [9.17, 15) is 4.79 Å². The van der Waals surface area contributed by atoms with Gasteiger partial charge < -0.3 is 10.2 Å². The third kappa shape index (κ3) is 2.93. The van der Waals surface area contributed by atoms with E-state index in [4.69, 9.17) is 16.6 Å². The molecule has 1 saturated heterocycles. The number of amides is 1. The predicted octanol–water partition coefficient (Wildman–Crippen LogP) is 3.20. The monoisotopic (exact) mass is 329 g/mol. The fourth-order valence-corrected chi connectivity index (χ4v) is 3.44. The second kappa shape index (κ2) is 5.77. The third-order valence-electron chi connectivity index (χ3n) is 4.67. The number of carbonyl (C=O) groups excluding carboxylic acids is 1. The SMILES string of the molecule is CC1CN(C(=O)c2cc(C3CC3)nc3ccc(Cl)cc23)CCN1. The van der Waals surface area contributed by atoms with Crippen LogP contribution in [0.4, 0.5) is 0 Å². The summed E-state index contributed by atoms with van der Waals surface area (Å²) in [7, 11) is 0. The third-order valence-corrected chi connectivity index (χ3v) is 4.91. The molecule has 2 fully saturated rings. The maximum Gasteiger partial charge on any atom is 0.254 e. The molecular formula is C18H20ClN3O. The molecule has 2 aromatic rings. The molecule has 1 aliphatic heterocycles. The van der Waals surface area contributed by atoms with Crippen molar-refractivity contribution >= 4 is 28.4 Å². The van der Waals surface area contributed by atoms with Crippen LogP contribution in [0.25, 0.3) is 10.9 Å². The maximum absolute atomic E-state index is 13.1. The topological polar surface area (TPSA) is 45.2 Å². The molecule has 1 aromatic heterocycles. The number of piperazine rings is 1. The minimum atomic E-state index is 0.0925. The summed E-state index contributed by atoms with van der Waals surface area (Å²) < 4.78 is 0. The molecule has 0 radical (unpaired) electrons. The van der Waals surface area contributed by atoms with E-state index >= 15 is 0 Å². The van der Waals surface area contributed by atoms with Crippen LogP contribution in [0.2, 0.25) is 5.02 Å². The minimum Gasteiger partial charge on any atom is -0.336 e. The van der Waals surface area contributed by atoms with Crippen molar-refractivity contribution in [2.75, 3.05) is 19.6 Å². The van der Waals surface area contributed by atoms with Crippen LogP contribution in [0.5, 0.6) is 0 Å². The summed E-state index contributed by atoms with van der Waals surface area (Å²) in [6, 6.07) is 7.94. The molecule has 4 rings (SSSR count). The fourth-order valence-electron chi connectivity index (χ4n) is 3.27. The van der Waals surface area contributed by atoms with Crippen LogP contribution in [0.15, 0.2) is 24.3 Å². The number of carbonyl (C=O) groups is 1. The Morgan fingerprint density at radius 3 is 2.91 bits per heavy atom. The molecule has 1 unspecified atom stereocenters. The highest BCUT2D eigenvalue weighted by molar-refractivity contribution is 6.31. The van der Waals surface area contributed by atoms with Crippen molar-refractivity contribution in [3.05, 3.63) is 40.5 Å². The lowest BCUT2D eigenvalue weighted by Gasteiger charge is -2.32. The molecule has 120 valence electrons. The summed E-state index contributed by atoms with van der Waals surface area (Å²) in [4.78, 5) is 19.8. The first-order chi connectivity index (χ1) is 11.1. The lowest BCUT2D eigenvalue weighted by molar-refractivity contribution is 0.0711. The largest absolute Gasteiger partial charge is 0.336 e. The minimum absolute atomic E-state index is 0.0925. The van der Waals surface area contributed by atoms with Gasteiger partial charge in [-0.2, -0.15) is 0 Å². The summed E-state index contributed by atoms with van der Waals surface area (Å²) in [5, 5.41) is 4.88. The average Bonchev–Trinajstić information content (AvgIpc) is 3.38. The van der Waals surface area contributed by atoms with Gasteiger partial charge in [0.2, 0.25) is 0 Å². The zero-order valence-corrected chi connectivity index (χ0v) is 13.9. The number of rotatable bonds is 2. The second-order valence-corrected chi connectivity index (χ2v) is 7.07. The van der Waals surface area contributed by atoms with Gasteiger partial charge in [0.05, 0.1) is 11.1 Å². The van der Waals surface area contributed by atoms with Crippen LogP contribution in [0.1, 0.15) is 41.7 Å². The zero-order chi connectivity index (χ0) is 16.0. The van der Waals surface area contributed by atoms with Crippen LogP contribution in [0, 0.1) is 0 Å². The van der Waals surface area contributed by atoms with Gasteiger partial charge in [-0.05, 0) is 44.0 Å². The highest BCUT2D eigenvalue weighted by Crippen LogP contribution is 2.40. The standard InChI is InChI=1S/C18H20ClN3O/c1-11-10-22(7-6-20-11)18(23)15-9-17(12-2-3-12)21-16-5-4-13(19)8-14(15)16/h4-5,8-9,11-12,20H,2-3,6-7,10H2,1H3. The maximum atomic E-state index is 13.1. The van der Waals surface area contributed by atoms with E-state index in [1.54, 1.807) is 0 Å². The van der Waals surface area contributed by atoms with E-state index in [1.165, 1.54) is 12.8 Å². The lowest BCUT2D eigenvalue weighted by Crippen LogP contribution is -2.51. The number of halogens is 1. The first-order valence-corrected chi connectivity index (χ1v) is 8.62. The quantitative estimate of drug-likeness (QED) is 0.920. The Kier molecular flexibility index (Phi) is 3.74. The van der Waals surface area contributed by atoms with Gasteiger partial charge in [0.15, 0.2) is 0 Å². The molecule has 2 aliphatic rings. The van der Waals surface area contributed by atoms with Gasteiger partial charge in [0, 0.05) is 47.7 Å². The van der Waals surface area contributed by atoms with E-state index in [-0.39, 0.29) is 5.91 Å². The average molecular weight is 330 g/mol. The molecule has 2 heterocycles. The van der Waals surface area contributed by atoms with Crippen molar-refractivity contribution in [1.82, 2.24) is 15.2 Å². The predicted molar refractivity (Wildman–Crippen MR) is 92.1 cm³/mol. The normalized spacial score (nSPS) is 21.7. The first-order valence-electron chi connectivity index (χ1n) is 8.24. The molecule has 1 aromatic carbocycles. The molecule has 1 N–H and O–H groups in total. The van der Waals surface area contributed by atoms with Crippen molar-refractivity contribution in [2.45, 2.75) is 31.7 Å². The van der Waals surface area contributed by atoms with Gasteiger partial charge >= 0.3 is 0 Å². The Labute approximate surface area is 140 Å². The molecule has 5 heteroatoms. The van der Waals surface area contributed by atoms with Crippen LogP contribution < -0.4 is 5.32 Å². The molecule has 1 aliphatic carbocycles. The van der Waals surface area contributed by atoms with Gasteiger partial charge in [-0.3, -0.25) is 9.78 Å². The highest BCUT2D eigenvalue weighted by atomic mass is 35.5. The van der Waals surface area contributed by atoms with Gasteiger partial charge in [-0.15, -0.1) is 0 Å². The van der Waals surface area contributed by atoms with E-state index in [1.807, 2.05) is 29.2 Å². The molecule has 4 nitrogen and oxygen atoms in total. The summed E-state index contributed by atoms with van der Waals surface area (Å²) in [6.07, 6.45) is 2.34. The number of pyridine rings is 1. The Bertz CT molecular complexity index is 772.